The number of hydrogen-bond acceptors (Lipinski definition) is 2. The van der Waals surface area contributed by atoms with Crippen molar-refractivity contribution in [3.05, 3.63) is 0 Å². The van der Waals surface area contributed by atoms with Crippen molar-refractivity contribution in [2.24, 2.45) is 0 Å². The Kier molecular flexibility index (Phi) is 2.00. The minimum atomic E-state index is 1.28. The summed E-state index contributed by atoms with van der Waals surface area (Å²) in [5.41, 5.74) is 0. The summed E-state index contributed by atoms with van der Waals surface area (Å²) in [6.45, 7) is 2.56. The Morgan fingerprint density at radius 3 is 2.14 bits per heavy atom. The van der Waals surface area contributed by atoms with Gasteiger partial charge in [-0.3, -0.25) is 0 Å². The van der Waals surface area contributed by atoms with Crippen LogP contribution in [0.3, 0.4) is 0 Å². The van der Waals surface area contributed by atoms with Crippen LogP contribution < -0.4 is 0 Å². The molecule has 0 aromatic heterocycles. The Labute approximate surface area is 49.1 Å². The summed E-state index contributed by atoms with van der Waals surface area (Å²) in [4.78, 5) is 2.37. The van der Waals surface area contributed by atoms with Gasteiger partial charge in [0.25, 0.3) is 0 Å². The first kappa shape index (κ1) is 5.45. The standard InChI is InChI=1S/C5H11NS/c1-6-2-4-7-5-3-6/h2-5H2,1H3. The third-order valence-electron chi connectivity index (χ3n) is 1.23. The van der Waals surface area contributed by atoms with Gasteiger partial charge in [0.1, 0.15) is 0 Å². The Morgan fingerprint density at radius 2 is 1.86 bits per heavy atom. The fraction of sp³-hybridized carbons (Fsp3) is 1.00. The second-order valence-corrected chi connectivity index (χ2v) is 3.14. The van der Waals surface area contributed by atoms with Gasteiger partial charge in [0, 0.05) is 24.6 Å². The molecule has 0 bridgehead atoms. The van der Waals surface area contributed by atoms with Gasteiger partial charge in [-0.25, -0.2) is 0 Å². The number of rotatable bonds is 0. The minimum absolute atomic E-state index is 1.28. The van der Waals surface area contributed by atoms with Crippen LogP contribution in [-0.4, -0.2) is 36.5 Å². The van der Waals surface area contributed by atoms with Crippen LogP contribution in [0.2, 0.25) is 0 Å². The zero-order chi connectivity index (χ0) is 5.11. The van der Waals surface area contributed by atoms with Crippen molar-refractivity contribution in [1.29, 1.82) is 0 Å². The molecular weight excluding hydrogens is 106 g/mol. The summed E-state index contributed by atoms with van der Waals surface area (Å²) < 4.78 is 0. The lowest BCUT2D eigenvalue weighted by Gasteiger charge is -2.20. The van der Waals surface area contributed by atoms with E-state index in [0.717, 1.165) is 0 Å². The molecule has 42 valence electrons. The van der Waals surface area contributed by atoms with Crippen LogP contribution in [-0.2, 0) is 0 Å². The first-order valence-electron chi connectivity index (χ1n) is 2.66. The Bertz CT molecular complexity index is 50.0. The summed E-state index contributed by atoms with van der Waals surface area (Å²) in [6, 6.07) is 0. The lowest BCUT2D eigenvalue weighted by Crippen LogP contribution is -2.28. The maximum atomic E-state index is 2.37. The zero-order valence-electron chi connectivity index (χ0n) is 4.68. The molecule has 0 radical (unpaired) electrons. The quantitative estimate of drug-likeness (QED) is 0.458. The molecule has 1 fully saturated rings. The van der Waals surface area contributed by atoms with Crippen molar-refractivity contribution in [3.63, 3.8) is 0 Å². The third kappa shape index (κ3) is 1.70. The molecule has 0 aromatic carbocycles. The van der Waals surface area contributed by atoms with Gasteiger partial charge in [0.05, 0.1) is 0 Å². The average molecular weight is 117 g/mol. The predicted octanol–water partition coefficient (Wildman–Crippen LogP) is 0.665. The van der Waals surface area contributed by atoms with E-state index < -0.39 is 0 Å². The van der Waals surface area contributed by atoms with Crippen LogP contribution in [0.4, 0.5) is 0 Å². The third-order valence-corrected chi connectivity index (χ3v) is 2.18. The first-order valence-corrected chi connectivity index (χ1v) is 3.81. The summed E-state index contributed by atoms with van der Waals surface area (Å²) in [6.07, 6.45) is 0. The van der Waals surface area contributed by atoms with Gasteiger partial charge in [-0.2, -0.15) is 11.8 Å². The van der Waals surface area contributed by atoms with E-state index in [2.05, 4.69) is 23.7 Å². The highest BCUT2D eigenvalue weighted by molar-refractivity contribution is 7.99. The number of thioether (sulfide) groups is 1. The molecular formula is C5H11NS. The van der Waals surface area contributed by atoms with Crippen LogP contribution in [0.15, 0.2) is 0 Å². The highest BCUT2D eigenvalue weighted by Crippen LogP contribution is 2.05. The van der Waals surface area contributed by atoms with E-state index in [1.165, 1.54) is 24.6 Å². The Hall–Kier alpha value is 0.310. The fourth-order valence-electron chi connectivity index (χ4n) is 0.655. The first-order chi connectivity index (χ1) is 3.39. The summed E-state index contributed by atoms with van der Waals surface area (Å²) in [7, 11) is 2.18. The largest absolute Gasteiger partial charge is 0.305 e. The lowest BCUT2D eigenvalue weighted by molar-refractivity contribution is 0.372. The van der Waals surface area contributed by atoms with Gasteiger partial charge >= 0.3 is 0 Å². The molecule has 0 saturated carbocycles. The molecule has 0 spiro atoms. The highest BCUT2D eigenvalue weighted by atomic mass is 32.2. The average Bonchev–Trinajstić information content (AvgIpc) is 1.69. The molecule has 2 heteroatoms. The molecule has 1 heterocycles. The monoisotopic (exact) mass is 117 g/mol. The Balaban J connectivity index is 2.12. The molecule has 0 amide bonds. The fourth-order valence-corrected chi connectivity index (χ4v) is 1.74. The van der Waals surface area contributed by atoms with Crippen molar-refractivity contribution in [2.75, 3.05) is 31.6 Å². The second kappa shape index (κ2) is 2.58. The van der Waals surface area contributed by atoms with Gasteiger partial charge in [-0.15, -0.1) is 0 Å². The molecule has 0 atom stereocenters. The normalized spacial score (nSPS) is 25.3. The molecule has 1 nitrogen and oxygen atoms in total. The molecule has 1 saturated heterocycles. The molecule has 1 aliphatic heterocycles. The second-order valence-electron chi connectivity index (χ2n) is 1.92. The molecule has 0 N–H and O–H groups in total. The van der Waals surface area contributed by atoms with E-state index in [1.807, 2.05) is 0 Å². The van der Waals surface area contributed by atoms with Gasteiger partial charge in [-0.05, 0) is 7.05 Å². The highest BCUT2D eigenvalue weighted by Gasteiger charge is 2.02. The van der Waals surface area contributed by atoms with Crippen molar-refractivity contribution < 1.29 is 0 Å². The zero-order valence-corrected chi connectivity index (χ0v) is 5.50. The van der Waals surface area contributed by atoms with E-state index in [9.17, 15) is 0 Å². The van der Waals surface area contributed by atoms with Crippen molar-refractivity contribution >= 4 is 11.8 Å². The number of nitrogens with zero attached hydrogens (tertiary/aromatic N) is 1. The van der Waals surface area contributed by atoms with E-state index in [4.69, 9.17) is 0 Å². The van der Waals surface area contributed by atoms with Crippen LogP contribution in [0.1, 0.15) is 0 Å². The van der Waals surface area contributed by atoms with Crippen LogP contribution in [0.25, 0.3) is 0 Å². The topological polar surface area (TPSA) is 3.24 Å². The van der Waals surface area contributed by atoms with Gasteiger partial charge < -0.3 is 4.90 Å². The molecule has 1 aliphatic rings. The van der Waals surface area contributed by atoms with E-state index >= 15 is 0 Å². The molecule has 0 aromatic rings. The SMILES string of the molecule is CN1CCSCC1. The maximum Gasteiger partial charge on any atom is 0.00696 e. The molecule has 0 unspecified atom stereocenters. The number of hydrogen-bond donors (Lipinski definition) is 0. The van der Waals surface area contributed by atoms with Crippen molar-refractivity contribution in [1.82, 2.24) is 4.90 Å². The van der Waals surface area contributed by atoms with E-state index in [0.29, 0.717) is 0 Å². The summed E-state index contributed by atoms with van der Waals surface area (Å²) >= 11 is 2.06. The minimum Gasteiger partial charge on any atom is -0.305 e. The van der Waals surface area contributed by atoms with Crippen LogP contribution in [0.5, 0.6) is 0 Å². The smallest absolute Gasteiger partial charge is 0.00696 e. The van der Waals surface area contributed by atoms with Crippen molar-refractivity contribution in [2.45, 2.75) is 0 Å². The van der Waals surface area contributed by atoms with E-state index in [1.54, 1.807) is 0 Å². The molecule has 1 rings (SSSR count). The van der Waals surface area contributed by atoms with Crippen LogP contribution >= 0.6 is 11.8 Å². The molecule has 0 aliphatic carbocycles. The van der Waals surface area contributed by atoms with Gasteiger partial charge in [0.2, 0.25) is 0 Å². The molecule has 7 heavy (non-hydrogen) atoms. The Morgan fingerprint density at radius 1 is 1.29 bits per heavy atom. The van der Waals surface area contributed by atoms with Gasteiger partial charge in [0.15, 0.2) is 0 Å². The summed E-state index contributed by atoms with van der Waals surface area (Å²) in [5.74, 6) is 2.66. The predicted molar refractivity (Wildman–Crippen MR) is 34.8 cm³/mol. The summed E-state index contributed by atoms with van der Waals surface area (Å²) in [5, 5.41) is 0. The van der Waals surface area contributed by atoms with E-state index in [-0.39, 0.29) is 0 Å². The van der Waals surface area contributed by atoms with Crippen LogP contribution in [0, 0.1) is 0 Å². The lowest BCUT2D eigenvalue weighted by atomic mass is 10.6. The van der Waals surface area contributed by atoms with Gasteiger partial charge in [-0.1, -0.05) is 0 Å². The van der Waals surface area contributed by atoms with Crippen molar-refractivity contribution in [3.8, 4) is 0 Å². The maximum absolute atomic E-state index is 2.37.